The highest BCUT2D eigenvalue weighted by Gasteiger charge is 2.14. The summed E-state index contributed by atoms with van der Waals surface area (Å²) < 4.78 is 17.1. The van der Waals surface area contributed by atoms with Gasteiger partial charge in [-0.15, -0.1) is 11.8 Å². The van der Waals surface area contributed by atoms with Crippen LogP contribution in [0, 0.1) is 0 Å². The van der Waals surface area contributed by atoms with E-state index in [4.69, 9.17) is 21.4 Å². The van der Waals surface area contributed by atoms with Gasteiger partial charge in [0.2, 0.25) is 6.86 Å². The molecule has 0 saturated heterocycles. The van der Waals surface area contributed by atoms with Gasteiger partial charge in [-0.1, -0.05) is 11.6 Å². The van der Waals surface area contributed by atoms with Gasteiger partial charge in [0.05, 0.1) is 10.6 Å². The molecule has 0 aliphatic heterocycles. The van der Waals surface area contributed by atoms with Crippen molar-refractivity contribution >= 4 is 46.7 Å². The Balaban J connectivity index is 1.69. The largest absolute Gasteiger partial charge is 0.461 e. The third-order valence-corrected chi connectivity index (χ3v) is 5.40. The number of rotatable bonds is 9. The summed E-state index contributed by atoms with van der Waals surface area (Å²) in [6.45, 7) is -1.64. The lowest BCUT2D eigenvalue weighted by Crippen LogP contribution is -2.16. The molecule has 1 aromatic carbocycles. The molecule has 0 atom stereocenters. The number of benzene rings is 1. The third kappa shape index (κ3) is 6.39. The van der Waals surface area contributed by atoms with Crippen LogP contribution < -0.4 is 15.4 Å². The van der Waals surface area contributed by atoms with E-state index >= 15 is 0 Å². The van der Waals surface area contributed by atoms with E-state index in [1.54, 1.807) is 36.5 Å². The summed E-state index contributed by atoms with van der Waals surface area (Å²) in [5, 5.41) is 14.7. The molecule has 0 fully saturated rings. The fourth-order valence-corrected chi connectivity index (χ4v) is 3.77. The van der Waals surface area contributed by atoms with Gasteiger partial charge in [-0.25, -0.2) is 14.4 Å². The molecule has 0 aliphatic rings. The molecule has 2 aromatic heterocycles. The van der Waals surface area contributed by atoms with Crippen LogP contribution in [0.4, 0.5) is 15.9 Å². The minimum absolute atomic E-state index is 0.169. The van der Waals surface area contributed by atoms with E-state index in [0.717, 1.165) is 5.56 Å². The monoisotopic (exact) mass is 476 g/mol. The van der Waals surface area contributed by atoms with E-state index < -0.39 is 19.4 Å². The van der Waals surface area contributed by atoms with E-state index in [-0.39, 0.29) is 16.7 Å². The number of thioether (sulfide) groups is 1. The molecular weight excluding hydrogens is 459 g/mol. The lowest BCUT2D eigenvalue weighted by atomic mass is 10.2. The number of aromatic nitrogens is 2. The highest BCUT2D eigenvalue weighted by molar-refractivity contribution is 7.98. The van der Waals surface area contributed by atoms with Crippen LogP contribution in [0.3, 0.4) is 0 Å². The Morgan fingerprint density at radius 1 is 1.12 bits per heavy atom. The number of carbonyl (C=O) groups excluding carboxylic acids is 2. The molecule has 0 unspecified atom stereocenters. The van der Waals surface area contributed by atoms with Crippen molar-refractivity contribution in [2.75, 3.05) is 24.1 Å². The van der Waals surface area contributed by atoms with Crippen molar-refractivity contribution in [1.82, 2.24) is 9.97 Å². The smallest absolute Gasteiger partial charge is 0.258 e. The number of carbonyl (C=O) groups is 2. The number of pyridine rings is 2. The van der Waals surface area contributed by atoms with Crippen molar-refractivity contribution in [3.05, 3.63) is 71.0 Å². The quantitative estimate of drug-likeness (QED) is 0.401. The number of nitrogens with one attached hydrogen (secondary N) is 2. The summed E-state index contributed by atoms with van der Waals surface area (Å²) in [6, 6.07) is 11.2. The number of hydrogen-bond donors (Lipinski definition) is 3. The number of anilines is 2. The molecule has 3 aromatic rings. The number of halogens is 2. The van der Waals surface area contributed by atoms with Gasteiger partial charge in [0.1, 0.15) is 23.2 Å². The SMILES string of the molecule is O=C(CO)Nc1cc(CSc2ncccc2C(=O)Nc2ccc(OCF)c(Cl)c2)ccn1. The Hall–Kier alpha value is -3.21. The second kappa shape index (κ2) is 11.4. The zero-order chi connectivity index (χ0) is 22.9. The average molecular weight is 477 g/mol. The van der Waals surface area contributed by atoms with Gasteiger partial charge in [0.15, 0.2) is 0 Å². The lowest BCUT2D eigenvalue weighted by molar-refractivity contribution is -0.118. The number of ether oxygens (including phenoxy) is 1. The molecule has 0 saturated carbocycles. The third-order valence-electron chi connectivity index (χ3n) is 4.03. The number of amides is 2. The van der Waals surface area contributed by atoms with Crippen LogP contribution >= 0.6 is 23.4 Å². The maximum atomic E-state index is 12.8. The van der Waals surface area contributed by atoms with Crippen LogP contribution in [0.25, 0.3) is 0 Å². The van der Waals surface area contributed by atoms with E-state index in [0.29, 0.717) is 27.8 Å². The van der Waals surface area contributed by atoms with E-state index in [1.807, 2.05) is 0 Å². The van der Waals surface area contributed by atoms with Gasteiger partial charge >= 0.3 is 0 Å². The zero-order valence-corrected chi connectivity index (χ0v) is 18.1. The van der Waals surface area contributed by atoms with Gasteiger partial charge in [0, 0.05) is 23.8 Å². The zero-order valence-electron chi connectivity index (χ0n) is 16.5. The standard InChI is InChI=1S/C21H18ClFN4O4S/c22-16-9-14(3-4-17(16)31-12-23)26-20(30)15-2-1-6-25-21(15)32-11-13-5-7-24-18(8-13)27-19(29)10-28/h1-9,28H,10-12H2,(H,26,30)(H,24,27,29). The summed E-state index contributed by atoms with van der Waals surface area (Å²) in [7, 11) is 0. The molecule has 0 radical (unpaired) electrons. The van der Waals surface area contributed by atoms with Crippen molar-refractivity contribution in [2.24, 2.45) is 0 Å². The van der Waals surface area contributed by atoms with Crippen molar-refractivity contribution in [1.29, 1.82) is 0 Å². The Morgan fingerprint density at radius 3 is 2.72 bits per heavy atom. The van der Waals surface area contributed by atoms with Crippen LogP contribution in [0.5, 0.6) is 5.75 Å². The van der Waals surface area contributed by atoms with Crippen molar-refractivity contribution in [2.45, 2.75) is 10.8 Å². The first-order chi connectivity index (χ1) is 15.5. The lowest BCUT2D eigenvalue weighted by Gasteiger charge is -2.11. The molecule has 3 N–H and O–H groups in total. The Bertz CT molecular complexity index is 1120. The van der Waals surface area contributed by atoms with Gasteiger partial charge in [0.25, 0.3) is 11.8 Å². The first-order valence-corrected chi connectivity index (χ1v) is 10.6. The number of hydrogen-bond acceptors (Lipinski definition) is 7. The van der Waals surface area contributed by atoms with Crippen molar-refractivity contribution in [3.63, 3.8) is 0 Å². The molecule has 11 heteroatoms. The minimum atomic E-state index is -1.01. The fraction of sp³-hybridized carbons (Fsp3) is 0.143. The van der Waals surface area contributed by atoms with E-state index in [9.17, 15) is 14.0 Å². The van der Waals surface area contributed by atoms with Gasteiger partial charge in [-0.3, -0.25) is 9.59 Å². The second-order valence-electron chi connectivity index (χ2n) is 6.25. The molecule has 0 spiro atoms. The highest BCUT2D eigenvalue weighted by Crippen LogP contribution is 2.29. The number of aliphatic hydroxyl groups is 1. The van der Waals surface area contributed by atoms with Crippen LogP contribution in [0.2, 0.25) is 5.02 Å². The topological polar surface area (TPSA) is 113 Å². The second-order valence-corrected chi connectivity index (χ2v) is 7.62. The average Bonchev–Trinajstić information content (AvgIpc) is 2.80. The van der Waals surface area contributed by atoms with Crippen LogP contribution in [-0.4, -0.2) is 40.4 Å². The summed E-state index contributed by atoms with van der Waals surface area (Å²) >= 11 is 7.37. The first-order valence-electron chi connectivity index (χ1n) is 9.23. The molecule has 8 nitrogen and oxygen atoms in total. The molecule has 2 heterocycles. The maximum absolute atomic E-state index is 12.8. The van der Waals surface area contributed by atoms with Gasteiger partial charge < -0.3 is 20.5 Å². The molecule has 166 valence electrons. The van der Waals surface area contributed by atoms with E-state index in [2.05, 4.69) is 20.6 Å². The van der Waals surface area contributed by atoms with E-state index in [1.165, 1.54) is 30.1 Å². The molecule has 3 rings (SSSR count). The molecule has 0 bridgehead atoms. The van der Waals surface area contributed by atoms with Crippen LogP contribution in [0.1, 0.15) is 15.9 Å². The number of alkyl halides is 1. The van der Waals surface area contributed by atoms with Gasteiger partial charge in [-0.05, 0) is 48.0 Å². The molecule has 2 amide bonds. The molecular formula is C21H18ClFN4O4S. The molecule has 0 aliphatic carbocycles. The normalized spacial score (nSPS) is 10.5. The van der Waals surface area contributed by atoms with Crippen LogP contribution in [0.15, 0.2) is 59.9 Å². The maximum Gasteiger partial charge on any atom is 0.258 e. The summed E-state index contributed by atoms with van der Waals surface area (Å²) in [4.78, 5) is 32.4. The fourth-order valence-electron chi connectivity index (χ4n) is 2.60. The summed E-state index contributed by atoms with van der Waals surface area (Å²) in [5.41, 5.74) is 1.62. The Kier molecular flexibility index (Phi) is 8.37. The summed E-state index contributed by atoms with van der Waals surface area (Å²) in [6.07, 6.45) is 3.12. The molecule has 32 heavy (non-hydrogen) atoms. The minimum Gasteiger partial charge on any atom is -0.461 e. The first kappa shape index (κ1) is 23.5. The highest BCUT2D eigenvalue weighted by atomic mass is 35.5. The van der Waals surface area contributed by atoms with Gasteiger partial charge in [-0.2, -0.15) is 0 Å². The predicted octanol–water partition coefficient (Wildman–Crippen LogP) is 3.91. The summed E-state index contributed by atoms with van der Waals surface area (Å²) in [5.74, 6) is 0.00910. The van der Waals surface area contributed by atoms with Crippen molar-refractivity contribution in [3.8, 4) is 5.75 Å². The Labute approximate surface area is 192 Å². The van der Waals surface area contributed by atoms with Crippen LogP contribution in [-0.2, 0) is 10.5 Å². The number of nitrogens with zero attached hydrogens (tertiary/aromatic N) is 2. The predicted molar refractivity (Wildman–Crippen MR) is 120 cm³/mol. The Morgan fingerprint density at radius 2 is 1.97 bits per heavy atom. The van der Waals surface area contributed by atoms with Crippen molar-refractivity contribution < 1.29 is 23.8 Å². The number of aliphatic hydroxyl groups excluding tert-OH is 1.